The van der Waals surface area contributed by atoms with Gasteiger partial charge in [-0.25, -0.2) is 9.97 Å². The predicted octanol–water partition coefficient (Wildman–Crippen LogP) is 15.2. The minimum atomic E-state index is -0.317. The first-order chi connectivity index (χ1) is 30.1. The van der Waals surface area contributed by atoms with E-state index >= 15 is 0 Å². The van der Waals surface area contributed by atoms with Crippen LogP contribution in [0.4, 0.5) is 0 Å². The minimum Gasteiger partial charge on any atom is -0.455 e. The van der Waals surface area contributed by atoms with Crippen LogP contribution in [-0.4, -0.2) is 9.97 Å². The van der Waals surface area contributed by atoms with Gasteiger partial charge in [-0.3, -0.25) is 0 Å². The summed E-state index contributed by atoms with van der Waals surface area (Å²) in [7, 11) is 0. The molecule has 1 atom stereocenters. The molecule has 286 valence electrons. The second-order valence-electron chi connectivity index (χ2n) is 16.2. The number of hydrogen-bond donors (Lipinski definition) is 0. The molecule has 3 nitrogen and oxygen atoms in total. The first kappa shape index (κ1) is 35.1. The van der Waals surface area contributed by atoms with Crippen molar-refractivity contribution in [2.24, 2.45) is 0 Å². The minimum absolute atomic E-state index is 0.317. The molecule has 0 N–H and O–H groups in total. The largest absolute Gasteiger partial charge is 0.455 e. The fourth-order valence-corrected chi connectivity index (χ4v) is 9.88. The zero-order chi connectivity index (χ0) is 40.5. The third-order valence-electron chi connectivity index (χ3n) is 12.8. The maximum Gasteiger partial charge on any atom is 0.160 e. The van der Waals surface area contributed by atoms with Gasteiger partial charge in [0.05, 0.1) is 11.4 Å². The van der Waals surface area contributed by atoms with E-state index < -0.39 is 0 Å². The summed E-state index contributed by atoms with van der Waals surface area (Å²) < 4.78 is 6.75. The molecular weight excluding hydrogens is 741 g/mol. The molecule has 12 rings (SSSR count). The Kier molecular flexibility index (Phi) is 7.98. The lowest BCUT2D eigenvalue weighted by Gasteiger charge is -2.28. The van der Waals surface area contributed by atoms with Crippen LogP contribution in [0.2, 0.25) is 0 Å². The lowest BCUT2D eigenvalue weighted by atomic mass is 9.74. The van der Waals surface area contributed by atoms with E-state index in [-0.39, 0.29) is 5.41 Å². The molecule has 3 heteroatoms. The molecule has 1 aliphatic carbocycles. The topological polar surface area (TPSA) is 38.9 Å². The maximum atomic E-state index is 6.75. The van der Waals surface area contributed by atoms with E-state index in [2.05, 4.69) is 213 Å². The summed E-state index contributed by atoms with van der Waals surface area (Å²) in [6.07, 6.45) is 0. The monoisotopic (exact) mass is 778 g/mol. The highest BCUT2D eigenvalue weighted by Gasteiger charge is 2.41. The summed E-state index contributed by atoms with van der Waals surface area (Å²) in [6.45, 7) is 2.36. The van der Waals surface area contributed by atoms with Crippen LogP contribution in [0.3, 0.4) is 0 Å². The van der Waals surface area contributed by atoms with Gasteiger partial charge in [-0.05, 0) is 86.6 Å². The Morgan fingerprint density at radius 2 is 0.984 bits per heavy atom. The fraction of sp³-hybridized carbons (Fsp3) is 0.0345. The van der Waals surface area contributed by atoms with Crippen molar-refractivity contribution in [1.29, 1.82) is 0 Å². The van der Waals surface area contributed by atoms with Gasteiger partial charge in [0.15, 0.2) is 5.82 Å². The zero-order valence-electron chi connectivity index (χ0n) is 33.5. The average molecular weight is 779 g/mol. The van der Waals surface area contributed by atoms with Crippen LogP contribution in [0.1, 0.15) is 23.6 Å². The van der Waals surface area contributed by atoms with Crippen LogP contribution in [0, 0.1) is 0 Å². The standard InChI is InChI=1S/C58H38N2O/c1-58(41-24-9-4-10-25-41)49-31-14-13-28-45(49)54-46(30-16-32-50(54)58)52-36-51(59-57(60-52)38-20-7-3-8-21-38)40-23-15-22-39(34-40)42-29-17-33-53-55(42)48-35-47(37-18-5-2-6-19-37)43-26-11-12-27-44(43)56(48)61-53/h2-36H,1H3. The second kappa shape index (κ2) is 13.9. The van der Waals surface area contributed by atoms with E-state index in [9.17, 15) is 0 Å². The molecule has 0 spiro atoms. The van der Waals surface area contributed by atoms with Crippen molar-refractivity contribution in [3.63, 3.8) is 0 Å². The second-order valence-corrected chi connectivity index (χ2v) is 16.2. The summed E-state index contributed by atoms with van der Waals surface area (Å²) in [5.74, 6) is 0.691. The molecule has 61 heavy (non-hydrogen) atoms. The van der Waals surface area contributed by atoms with E-state index in [0.29, 0.717) is 5.82 Å². The molecule has 1 aliphatic rings. The third kappa shape index (κ3) is 5.51. The van der Waals surface area contributed by atoms with Gasteiger partial charge in [0, 0.05) is 38.3 Å². The number of rotatable bonds is 6. The highest BCUT2D eigenvalue weighted by molar-refractivity contribution is 6.22. The molecule has 0 bridgehead atoms. The molecule has 2 heterocycles. The lowest BCUT2D eigenvalue weighted by molar-refractivity contribution is 0.673. The van der Waals surface area contributed by atoms with Gasteiger partial charge in [-0.15, -0.1) is 0 Å². The molecule has 11 aromatic rings. The number of furan rings is 1. The van der Waals surface area contributed by atoms with Crippen LogP contribution in [0.15, 0.2) is 217 Å². The first-order valence-corrected chi connectivity index (χ1v) is 20.9. The van der Waals surface area contributed by atoms with Crippen molar-refractivity contribution < 1.29 is 4.42 Å². The summed E-state index contributed by atoms with van der Waals surface area (Å²) in [5, 5.41) is 4.49. The van der Waals surface area contributed by atoms with Crippen LogP contribution < -0.4 is 0 Å². The molecule has 0 saturated carbocycles. The molecule has 0 amide bonds. The SMILES string of the molecule is CC1(c2ccccc2)c2ccccc2-c2c(-c3cc(-c4cccc(-c5cccc6oc7c8ccccc8c(-c8ccccc8)cc7c56)c4)nc(-c4ccccc4)n3)cccc21. The van der Waals surface area contributed by atoms with E-state index in [1.807, 2.05) is 6.07 Å². The van der Waals surface area contributed by atoms with Crippen molar-refractivity contribution in [2.75, 3.05) is 0 Å². The molecule has 0 aliphatic heterocycles. The fourth-order valence-electron chi connectivity index (χ4n) is 9.88. The Balaban J connectivity index is 1.05. The Labute approximate surface area is 354 Å². The average Bonchev–Trinajstić information content (AvgIpc) is 3.85. The Hall–Kier alpha value is -7.88. The predicted molar refractivity (Wildman–Crippen MR) is 251 cm³/mol. The Morgan fingerprint density at radius 1 is 0.393 bits per heavy atom. The number of benzene rings is 9. The van der Waals surface area contributed by atoms with Gasteiger partial charge in [-0.1, -0.05) is 188 Å². The zero-order valence-corrected chi connectivity index (χ0v) is 33.5. The molecule has 0 fully saturated rings. The molecule has 9 aromatic carbocycles. The molecule has 2 aromatic heterocycles. The van der Waals surface area contributed by atoms with E-state index in [4.69, 9.17) is 14.4 Å². The molecular formula is C58H38N2O. The lowest BCUT2D eigenvalue weighted by Crippen LogP contribution is -2.22. The number of aromatic nitrogens is 2. The molecule has 0 saturated heterocycles. The van der Waals surface area contributed by atoms with Crippen LogP contribution >= 0.6 is 0 Å². The molecule has 0 radical (unpaired) electrons. The van der Waals surface area contributed by atoms with Gasteiger partial charge < -0.3 is 4.42 Å². The number of nitrogens with zero attached hydrogens (tertiary/aromatic N) is 2. The van der Waals surface area contributed by atoms with Crippen molar-refractivity contribution in [1.82, 2.24) is 9.97 Å². The summed E-state index contributed by atoms with van der Waals surface area (Å²) in [5.41, 5.74) is 17.2. The highest BCUT2D eigenvalue weighted by atomic mass is 16.3. The summed E-state index contributed by atoms with van der Waals surface area (Å²) in [4.78, 5) is 10.7. The van der Waals surface area contributed by atoms with Crippen LogP contribution in [-0.2, 0) is 5.41 Å². The van der Waals surface area contributed by atoms with Crippen LogP contribution in [0.25, 0.3) is 100.0 Å². The number of hydrogen-bond acceptors (Lipinski definition) is 3. The van der Waals surface area contributed by atoms with E-state index in [0.717, 1.165) is 66.5 Å². The smallest absolute Gasteiger partial charge is 0.160 e. The third-order valence-corrected chi connectivity index (χ3v) is 12.8. The van der Waals surface area contributed by atoms with Gasteiger partial charge in [0.1, 0.15) is 11.2 Å². The normalized spacial score (nSPS) is 14.4. The van der Waals surface area contributed by atoms with Crippen LogP contribution in [0.5, 0.6) is 0 Å². The summed E-state index contributed by atoms with van der Waals surface area (Å²) >= 11 is 0. The first-order valence-electron chi connectivity index (χ1n) is 20.9. The van der Waals surface area contributed by atoms with Crippen molar-refractivity contribution in [3.8, 4) is 67.3 Å². The quantitative estimate of drug-likeness (QED) is 0.169. The van der Waals surface area contributed by atoms with Crippen molar-refractivity contribution in [3.05, 3.63) is 229 Å². The Bertz CT molecular complexity index is 3480. The van der Waals surface area contributed by atoms with E-state index in [1.54, 1.807) is 0 Å². The molecule has 1 unspecified atom stereocenters. The van der Waals surface area contributed by atoms with E-state index in [1.165, 1.54) is 44.3 Å². The highest BCUT2D eigenvalue weighted by Crippen LogP contribution is 2.55. The van der Waals surface area contributed by atoms with Crippen molar-refractivity contribution >= 4 is 32.7 Å². The van der Waals surface area contributed by atoms with Gasteiger partial charge in [0.25, 0.3) is 0 Å². The maximum absolute atomic E-state index is 6.75. The van der Waals surface area contributed by atoms with Gasteiger partial charge in [0.2, 0.25) is 0 Å². The van der Waals surface area contributed by atoms with Gasteiger partial charge in [-0.2, -0.15) is 0 Å². The van der Waals surface area contributed by atoms with Gasteiger partial charge >= 0.3 is 0 Å². The number of fused-ring (bicyclic) bond motifs is 8. The van der Waals surface area contributed by atoms with Crippen molar-refractivity contribution in [2.45, 2.75) is 12.3 Å². The summed E-state index contributed by atoms with van der Waals surface area (Å²) in [6, 6.07) is 75.6. The Morgan fingerprint density at radius 3 is 1.80 bits per heavy atom.